The van der Waals surface area contributed by atoms with E-state index in [2.05, 4.69) is 4.98 Å². The molecule has 3 N–H and O–H groups in total. The summed E-state index contributed by atoms with van der Waals surface area (Å²) in [7, 11) is 0. The summed E-state index contributed by atoms with van der Waals surface area (Å²) in [5, 5.41) is 0. The highest BCUT2D eigenvalue weighted by molar-refractivity contribution is 5.28. The zero-order valence-electron chi connectivity index (χ0n) is 7.77. The SMILES string of the molecule is Cc1cc(C(CN)C(F)F)c(C)[nH]1. The summed E-state index contributed by atoms with van der Waals surface area (Å²) >= 11 is 0. The topological polar surface area (TPSA) is 41.8 Å². The summed E-state index contributed by atoms with van der Waals surface area (Å²) in [5.74, 6) is -0.843. The van der Waals surface area contributed by atoms with Crippen molar-refractivity contribution in [3.63, 3.8) is 0 Å². The van der Waals surface area contributed by atoms with Gasteiger partial charge in [-0.1, -0.05) is 0 Å². The molecule has 0 saturated heterocycles. The maximum Gasteiger partial charge on any atom is 0.246 e. The van der Waals surface area contributed by atoms with Gasteiger partial charge in [0.2, 0.25) is 6.43 Å². The van der Waals surface area contributed by atoms with E-state index < -0.39 is 12.3 Å². The largest absolute Gasteiger partial charge is 0.362 e. The number of H-pyrrole nitrogens is 1. The van der Waals surface area contributed by atoms with Crippen LogP contribution < -0.4 is 5.73 Å². The molecule has 0 spiro atoms. The molecule has 0 radical (unpaired) electrons. The van der Waals surface area contributed by atoms with Gasteiger partial charge in [-0.3, -0.25) is 0 Å². The van der Waals surface area contributed by atoms with Crippen LogP contribution in [-0.4, -0.2) is 18.0 Å². The lowest BCUT2D eigenvalue weighted by atomic mass is 10.0. The minimum Gasteiger partial charge on any atom is -0.362 e. The van der Waals surface area contributed by atoms with E-state index in [9.17, 15) is 8.78 Å². The Labute approximate surface area is 76.1 Å². The van der Waals surface area contributed by atoms with Crippen LogP contribution in [0.2, 0.25) is 0 Å². The van der Waals surface area contributed by atoms with Gasteiger partial charge in [0.25, 0.3) is 0 Å². The van der Waals surface area contributed by atoms with Crippen molar-refractivity contribution in [2.45, 2.75) is 26.2 Å². The third kappa shape index (κ3) is 2.06. The van der Waals surface area contributed by atoms with Gasteiger partial charge in [0.1, 0.15) is 0 Å². The number of aryl methyl sites for hydroxylation is 2. The number of nitrogens with two attached hydrogens (primary N) is 1. The Bertz CT molecular complexity index is 281. The molecule has 0 amide bonds. The van der Waals surface area contributed by atoms with Gasteiger partial charge in [0, 0.05) is 17.9 Å². The zero-order valence-corrected chi connectivity index (χ0v) is 7.77. The summed E-state index contributed by atoms with van der Waals surface area (Å²) in [5.41, 5.74) is 7.60. The predicted molar refractivity (Wildman–Crippen MR) is 48.1 cm³/mol. The van der Waals surface area contributed by atoms with Crippen LogP contribution in [0.3, 0.4) is 0 Å². The molecule has 1 unspecified atom stereocenters. The zero-order chi connectivity index (χ0) is 10.0. The Balaban J connectivity index is 2.97. The smallest absolute Gasteiger partial charge is 0.246 e. The molecule has 4 heteroatoms. The molecule has 1 aromatic heterocycles. The van der Waals surface area contributed by atoms with E-state index >= 15 is 0 Å². The van der Waals surface area contributed by atoms with E-state index in [0.717, 1.165) is 11.4 Å². The standard InChI is InChI=1S/C9H14F2N2/c1-5-3-7(6(2)13-5)8(4-12)9(10)11/h3,8-9,13H,4,12H2,1-2H3. The first-order valence-corrected chi connectivity index (χ1v) is 4.20. The van der Waals surface area contributed by atoms with Crippen molar-refractivity contribution < 1.29 is 8.78 Å². The molecule has 0 bridgehead atoms. The van der Waals surface area contributed by atoms with Crippen LogP contribution in [0.5, 0.6) is 0 Å². The number of hydrogen-bond acceptors (Lipinski definition) is 1. The Morgan fingerprint density at radius 3 is 2.38 bits per heavy atom. The minimum absolute atomic E-state index is 0.0181. The van der Waals surface area contributed by atoms with Crippen molar-refractivity contribution in [1.82, 2.24) is 4.98 Å². The number of halogens is 2. The fourth-order valence-corrected chi connectivity index (χ4v) is 1.50. The molecule has 0 aliphatic rings. The third-order valence-corrected chi connectivity index (χ3v) is 2.15. The van der Waals surface area contributed by atoms with Crippen LogP contribution in [0.1, 0.15) is 22.9 Å². The summed E-state index contributed by atoms with van der Waals surface area (Å²) in [6, 6.07) is 1.74. The molecular weight excluding hydrogens is 174 g/mol. The first-order chi connectivity index (χ1) is 6.06. The van der Waals surface area contributed by atoms with Crippen LogP contribution in [0.25, 0.3) is 0 Å². The maximum absolute atomic E-state index is 12.5. The number of nitrogens with one attached hydrogen (secondary N) is 1. The predicted octanol–water partition coefficient (Wildman–Crippen LogP) is 1.94. The normalized spacial score (nSPS) is 13.7. The van der Waals surface area contributed by atoms with Gasteiger partial charge in [0.15, 0.2) is 0 Å². The fraction of sp³-hybridized carbons (Fsp3) is 0.556. The van der Waals surface area contributed by atoms with E-state index in [0.29, 0.717) is 5.56 Å². The Morgan fingerprint density at radius 2 is 2.08 bits per heavy atom. The number of aromatic nitrogens is 1. The first-order valence-electron chi connectivity index (χ1n) is 4.20. The van der Waals surface area contributed by atoms with Crippen LogP contribution in [-0.2, 0) is 0 Å². The average molecular weight is 188 g/mol. The monoisotopic (exact) mass is 188 g/mol. The van der Waals surface area contributed by atoms with Crippen molar-refractivity contribution in [2.75, 3.05) is 6.54 Å². The molecule has 0 saturated carbocycles. The molecule has 0 fully saturated rings. The van der Waals surface area contributed by atoms with Crippen molar-refractivity contribution in [2.24, 2.45) is 5.73 Å². The highest BCUT2D eigenvalue weighted by atomic mass is 19.3. The van der Waals surface area contributed by atoms with Gasteiger partial charge in [-0.25, -0.2) is 8.78 Å². The first kappa shape index (κ1) is 10.2. The molecule has 1 rings (SSSR count). The maximum atomic E-state index is 12.5. The lowest BCUT2D eigenvalue weighted by Gasteiger charge is -2.12. The second-order valence-corrected chi connectivity index (χ2v) is 3.21. The summed E-state index contributed by atoms with van der Waals surface area (Å²) in [6.45, 7) is 3.61. The fourth-order valence-electron chi connectivity index (χ4n) is 1.50. The van der Waals surface area contributed by atoms with Gasteiger partial charge in [-0.2, -0.15) is 0 Å². The number of aromatic amines is 1. The molecule has 0 aliphatic heterocycles. The van der Waals surface area contributed by atoms with E-state index in [-0.39, 0.29) is 6.54 Å². The Kier molecular flexibility index (Phi) is 3.03. The van der Waals surface area contributed by atoms with Gasteiger partial charge < -0.3 is 10.7 Å². The summed E-state index contributed by atoms with van der Waals surface area (Å²) in [4.78, 5) is 2.99. The lowest BCUT2D eigenvalue weighted by Crippen LogP contribution is -2.19. The van der Waals surface area contributed by atoms with Crippen molar-refractivity contribution in [3.8, 4) is 0 Å². The molecule has 13 heavy (non-hydrogen) atoms. The van der Waals surface area contributed by atoms with E-state index in [1.54, 1.807) is 13.0 Å². The average Bonchev–Trinajstić information content (AvgIpc) is 2.31. The van der Waals surface area contributed by atoms with Crippen molar-refractivity contribution >= 4 is 0 Å². The van der Waals surface area contributed by atoms with Gasteiger partial charge in [-0.05, 0) is 25.5 Å². The quantitative estimate of drug-likeness (QED) is 0.747. The molecule has 2 nitrogen and oxygen atoms in total. The highest BCUT2D eigenvalue weighted by Crippen LogP contribution is 2.25. The van der Waals surface area contributed by atoms with Crippen LogP contribution in [0, 0.1) is 13.8 Å². The van der Waals surface area contributed by atoms with Crippen LogP contribution in [0.4, 0.5) is 8.78 Å². The van der Waals surface area contributed by atoms with Gasteiger partial charge in [0.05, 0.1) is 5.92 Å². The van der Waals surface area contributed by atoms with Gasteiger partial charge >= 0.3 is 0 Å². The highest BCUT2D eigenvalue weighted by Gasteiger charge is 2.23. The number of hydrogen-bond donors (Lipinski definition) is 2. The molecule has 74 valence electrons. The minimum atomic E-state index is -2.39. The van der Waals surface area contributed by atoms with Crippen LogP contribution >= 0.6 is 0 Å². The second kappa shape index (κ2) is 3.87. The summed E-state index contributed by atoms with van der Waals surface area (Å²) < 4.78 is 25.0. The molecular formula is C9H14F2N2. The lowest BCUT2D eigenvalue weighted by molar-refractivity contribution is 0.117. The molecule has 1 aromatic rings. The van der Waals surface area contributed by atoms with Crippen molar-refractivity contribution in [1.29, 1.82) is 0 Å². The second-order valence-electron chi connectivity index (χ2n) is 3.21. The van der Waals surface area contributed by atoms with E-state index in [1.165, 1.54) is 0 Å². The Morgan fingerprint density at radius 1 is 1.46 bits per heavy atom. The molecule has 0 aromatic carbocycles. The number of alkyl halides is 2. The number of rotatable bonds is 3. The molecule has 1 heterocycles. The summed E-state index contributed by atoms with van der Waals surface area (Å²) in [6.07, 6.45) is -2.39. The molecule has 1 atom stereocenters. The van der Waals surface area contributed by atoms with E-state index in [1.807, 2.05) is 6.92 Å². The van der Waals surface area contributed by atoms with E-state index in [4.69, 9.17) is 5.73 Å². The molecule has 0 aliphatic carbocycles. The third-order valence-electron chi connectivity index (χ3n) is 2.15. The Hall–Kier alpha value is -0.900. The van der Waals surface area contributed by atoms with Gasteiger partial charge in [-0.15, -0.1) is 0 Å². The van der Waals surface area contributed by atoms with Crippen molar-refractivity contribution in [3.05, 3.63) is 23.0 Å². The van der Waals surface area contributed by atoms with Crippen LogP contribution in [0.15, 0.2) is 6.07 Å².